The van der Waals surface area contributed by atoms with Gasteiger partial charge in [-0.15, -0.1) is 0 Å². The molecule has 0 aliphatic carbocycles. The van der Waals surface area contributed by atoms with Crippen molar-refractivity contribution in [1.29, 1.82) is 5.26 Å². The first-order valence-corrected chi connectivity index (χ1v) is 3.52. The van der Waals surface area contributed by atoms with E-state index in [1.807, 2.05) is 19.9 Å². The van der Waals surface area contributed by atoms with E-state index >= 15 is 0 Å². The summed E-state index contributed by atoms with van der Waals surface area (Å²) in [5, 5.41) is 8.22. The Labute approximate surface area is 66.2 Å². The van der Waals surface area contributed by atoms with Crippen LogP contribution in [-0.4, -0.2) is 18.5 Å². The van der Waals surface area contributed by atoms with Crippen LogP contribution in [0.4, 0.5) is 0 Å². The second kappa shape index (κ2) is 3.04. The maximum Gasteiger partial charge on any atom is 0.163 e. The van der Waals surface area contributed by atoms with Gasteiger partial charge in [-0.2, -0.15) is 5.26 Å². The Morgan fingerprint density at radius 1 is 1.64 bits per heavy atom. The molecule has 0 spiro atoms. The lowest BCUT2D eigenvalue weighted by atomic mass is 10.3. The molecule has 0 saturated carbocycles. The molecule has 0 aromatic carbocycles. The summed E-state index contributed by atoms with van der Waals surface area (Å²) in [6, 6.07) is 1.91. The van der Waals surface area contributed by atoms with Gasteiger partial charge in [0.2, 0.25) is 0 Å². The first kappa shape index (κ1) is 8.25. The Morgan fingerprint density at radius 3 is 2.82 bits per heavy atom. The monoisotopic (exact) mass is 153 g/mol. The van der Waals surface area contributed by atoms with E-state index in [4.69, 9.17) is 14.7 Å². The number of rotatable bonds is 1. The molecule has 60 valence electrons. The number of nitriles is 1. The van der Waals surface area contributed by atoms with Crippen LogP contribution in [0.5, 0.6) is 0 Å². The summed E-state index contributed by atoms with van der Waals surface area (Å²) in [6.45, 7) is 4.24. The molecule has 11 heavy (non-hydrogen) atoms. The van der Waals surface area contributed by atoms with Gasteiger partial charge in [0.1, 0.15) is 6.10 Å². The van der Waals surface area contributed by atoms with Crippen LogP contribution in [0.3, 0.4) is 0 Å². The highest BCUT2D eigenvalue weighted by atomic mass is 16.7. The van der Waals surface area contributed by atoms with Crippen LogP contribution in [0.15, 0.2) is 12.2 Å². The molecule has 0 aromatic heterocycles. The molecule has 3 heteroatoms. The predicted molar refractivity (Wildman–Crippen MR) is 39.7 cm³/mol. The molecule has 1 aliphatic heterocycles. The number of nitrogens with zero attached hydrogens (tertiary/aromatic N) is 1. The van der Waals surface area contributed by atoms with Crippen molar-refractivity contribution in [1.82, 2.24) is 0 Å². The number of ether oxygens (including phenoxy) is 2. The maximum atomic E-state index is 8.22. The van der Waals surface area contributed by atoms with Crippen molar-refractivity contribution in [3.05, 3.63) is 12.2 Å². The molecule has 0 aromatic rings. The first-order chi connectivity index (χ1) is 5.14. The zero-order chi connectivity index (χ0) is 8.32. The molecule has 0 bridgehead atoms. The molecule has 1 saturated heterocycles. The molecule has 0 radical (unpaired) electrons. The molecule has 0 unspecified atom stereocenters. The average Bonchev–Trinajstić information content (AvgIpc) is 2.26. The van der Waals surface area contributed by atoms with Crippen LogP contribution in [0.25, 0.3) is 0 Å². The number of hydrogen-bond donors (Lipinski definition) is 0. The van der Waals surface area contributed by atoms with Gasteiger partial charge in [-0.25, -0.2) is 0 Å². The van der Waals surface area contributed by atoms with Gasteiger partial charge in [-0.05, 0) is 19.9 Å². The number of allylic oxidation sites excluding steroid dienone is 1. The minimum Gasteiger partial charge on any atom is -0.347 e. The van der Waals surface area contributed by atoms with Crippen molar-refractivity contribution in [2.75, 3.05) is 6.61 Å². The fourth-order valence-electron chi connectivity index (χ4n) is 0.961. The first-order valence-electron chi connectivity index (χ1n) is 3.52. The predicted octanol–water partition coefficient (Wildman–Crippen LogP) is 1.22. The van der Waals surface area contributed by atoms with E-state index in [1.165, 1.54) is 6.08 Å². The quantitative estimate of drug-likeness (QED) is 0.532. The Balaban J connectivity index is 2.44. The normalized spacial score (nSPS) is 29.0. The van der Waals surface area contributed by atoms with Crippen molar-refractivity contribution in [2.24, 2.45) is 0 Å². The van der Waals surface area contributed by atoms with Gasteiger partial charge >= 0.3 is 0 Å². The third-order valence-electron chi connectivity index (χ3n) is 1.42. The largest absolute Gasteiger partial charge is 0.347 e. The third kappa shape index (κ3) is 2.34. The van der Waals surface area contributed by atoms with Crippen molar-refractivity contribution in [3.63, 3.8) is 0 Å². The van der Waals surface area contributed by atoms with Crippen LogP contribution >= 0.6 is 0 Å². The molecule has 3 nitrogen and oxygen atoms in total. The molecule has 0 amide bonds. The van der Waals surface area contributed by atoms with Crippen LogP contribution in [0, 0.1) is 11.3 Å². The van der Waals surface area contributed by atoms with Crippen LogP contribution in [-0.2, 0) is 9.47 Å². The van der Waals surface area contributed by atoms with Gasteiger partial charge in [-0.1, -0.05) is 0 Å². The van der Waals surface area contributed by atoms with Crippen LogP contribution < -0.4 is 0 Å². The van der Waals surface area contributed by atoms with Gasteiger partial charge in [0.15, 0.2) is 5.79 Å². The fraction of sp³-hybridized carbons (Fsp3) is 0.625. The topological polar surface area (TPSA) is 42.2 Å². The summed E-state index contributed by atoms with van der Waals surface area (Å²) in [5.41, 5.74) is 0. The molecule has 1 rings (SSSR count). The Morgan fingerprint density at radius 2 is 2.36 bits per heavy atom. The van der Waals surface area contributed by atoms with Gasteiger partial charge in [0.25, 0.3) is 0 Å². The van der Waals surface area contributed by atoms with Gasteiger partial charge in [0.05, 0.1) is 12.7 Å². The molecule has 1 atom stereocenters. The molecular formula is C8H11NO2. The van der Waals surface area contributed by atoms with Gasteiger partial charge in [0, 0.05) is 6.08 Å². The summed E-state index contributed by atoms with van der Waals surface area (Å²) >= 11 is 0. The molecule has 1 heterocycles. The Kier molecular flexibility index (Phi) is 2.28. The zero-order valence-electron chi connectivity index (χ0n) is 6.70. The summed E-state index contributed by atoms with van der Waals surface area (Å²) in [5.74, 6) is -0.496. The Bertz CT molecular complexity index is 203. The average molecular weight is 153 g/mol. The summed E-state index contributed by atoms with van der Waals surface area (Å²) in [6.07, 6.45) is 3.05. The lowest BCUT2D eigenvalue weighted by Crippen LogP contribution is -2.20. The summed E-state index contributed by atoms with van der Waals surface area (Å²) in [4.78, 5) is 0. The third-order valence-corrected chi connectivity index (χ3v) is 1.42. The van der Waals surface area contributed by atoms with Gasteiger partial charge < -0.3 is 9.47 Å². The van der Waals surface area contributed by atoms with Crippen molar-refractivity contribution >= 4 is 0 Å². The molecule has 1 fully saturated rings. The van der Waals surface area contributed by atoms with Crippen LogP contribution in [0.1, 0.15) is 13.8 Å². The van der Waals surface area contributed by atoms with E-state index in [2.05, 4.69) is 0 Å². The summed E-state index contributed by atoms with van der Waals surface area (Å²) < 4.78 is 10.7. The maximum absolute atomic E-state index is 8.22. The van der Waals surface area contributed by atoms with Gasteiger partial charge in [-0.3, -0.25) is 0 Å². The Hall–Kier alpha value is -0.850. The highest BCUT2D eigenvalue weighted by molar-refractivity contribution is 5.05. The van der Waals surface area contributed by atoms with E-state index < -0.39 is 5.79 Å². The number of hydrogen-bond acceptors (Lipinski definition) is 3. The lowest BCUT2D eigenvalue weighted by molar-refractivity contribution is -0.133. The van der Waals surface area contributed by atoms with Crippen molar-refractivity contribution in [2.45, 2.75) is 25.7 Å². The van der Waals surface area contributed by atoms with E-state index in [0.717, 1.165) is 0 Å². The highest BCUT2D eigenvalue weighted by Crippen LogP contribution is 2.22. The second-order valence-electron chi connectivity index (χ2n) is 2.86. The highest BCUT2D eigenvalue weighted by Gasteiger charge is 2.30. The van der Waals surface area contributed by atoms with Crippen molar-refractivity contribution in [3.8, 4) is 6.07 Å². The van der Waals surface area contributed by atoms with E-state index in [1.54, 1.807) is 6.08 Å². The SMILES string of the molecule is CC1(C)OC[C@@H](/C=C\C#N)O1. The molecule has 0 N–H and O–H groups in total. The van der Waals surface area contributed by atoms with E-state index in [-0.39, 0.29) is 6.10 Å². The van der Waals surface area contributed by atoms with Crippen LogP contribution in [0.2, 0.25) is 0 Å². The van der Waals surface area contributed by atoms with E-state index in [9.17, 15) is 0 Å². The molecule has 1 aliphatic rings. The standard InChI is InChI=1S/C8H11NO2/c1-8(2)10-6-7(11-8)4-3-5-9/h3-4,7H,6H2,1-2H3/b4-3-/t7-/m1/s1. The molecular weight excluding hydrogens is 142 g/mol. The minimum absolute atomic E-state index is 0.0651. The summed E-state index contributed by atoms with van der Waals surface area (Å²) in [7, 11) is 0. The van der Waals surface area contributed by atoms with Crippen molar-refractivity contribution < 1.29 is 9.47 Å². The fourth-order valence-corrected chi connectivity index (χ4v) is 0.961. The van der Waals surface area contributed by atoms with E-state index in [0.29, 0.717) is 6.61 Å². The zero-order valence-corrected chi connectivity index (χ0v) is 6.70. The minimum atomic E-state index is -0.496. The lowest BCUT2D eigenvalue weighted by Gasteiger charge is -2.15. The smallest absolute Gasteiger partial charge is 0.163 e. The second-order valence-corrected chi connectivity index (χ2v) is 2.86.